The fourth-order valence-electron chi connectivity index (χ4n) is 2.10. The quantitative estimate of drug-likeness (QED) is 0.641. The molecule has 1 aromatic heterocycles. The van der Waals surface area contributed by atoms with E-state index < -0.39 is 5.97 Å². The maximum absolute atomic E-state index is 11.9. The van der Waals surface area contributed by atoms with Gasteiger partial charge in [-0.2, -0.15) is 9.97 Å². The number of fused-ring (bicyclic) bond motifs is 1. The Morgan fingerprint density at radius 2 is 2.14 bits per heavy atom. The van der Waals surface area contributed by atoms with E-state index in [-0.39, 0.29) is 23.1 Å². The summed E-state index contributed by atoms with van der Waals surface area (Å²) in [5.74, 6) is 0.168. The van der Waals surface area contributed by atoms with Crippen LogP contribution in [0.3, 0.4) is 0 Å². The van der Waals surface area contributed by atoms with Crippen LogP contribution in [0.15, 0.2) is 24.3 Å². The van der Waals surface area contributed by atoms with Crippen molar-refractivity contribution in [3.63, 3.8) is 0 Å². The number of esters is 1. The molecule has 0 amide bonds. The second-order valence-corrected chi connectivity index (χ2v) is 4.77. The summed E-state index contributed by atoms with van der Waals surface area (Å²) in [4.78, 5) is 19.9. The molecule has 6 nitrogen and oxygen atoms in total. The molecule has 7 heteroatoms. The standard InChI is InChI=1S/C14H11ClN2O4/c1-7-8-4-3-5-9(12(8)13(18)20-7)21-14-16-10(15)6-11(17-14)19-2/h3-7H,1-2H3. The van der Waals surface area contributed by atoms with E-state index in [4.69, 9.17) is 25.8 Å². The molecule has 1 aromatic carbocycles. The SMILES string of the molecule is COc1cc(Cl)nc(Oc2cccc3c2C(=O)OC3C)n1. The summed E-state index contributed by atoms with van der Waals surface area (Å²) in [6.07, 6.45) is -0.300. The fourth-order valence-corrected chi connectivity index (χ4v) is 2.26. The lowest BCUT2D eigenvalue weighted by molar-refractivity contribution is 0.0420. The van der Waals surface area contributed by atoms with Gasteiger partial charge in [-0.1, -0.05) is 23.7 Å². The van der Waals surface area contributed by atoms with E-state index in [1.54, 1.807) is 19.1 Å². The molecule has 0 saturated carbocycles. The summed E-state index contributed by atoms with van der Waals surface area (Å²) < 4.78 is 15.7. The number of carbonyl (C=O) groups excluding carboxylic acids is 1. The number of benzene rings is 1. The van der Waals surface area contributed by atoms with Gasteiger partial charge in [0.1, 0.15) is 22.6 Å². The summed E-state index contributed by atoms with van der Waals surface area (Å²) in [5, 5.41) is 0.181. The third kappa shape index (κ3) is 2.50. The molecule has 0 bridgehead atoms. The van der Waals surface area contributed by atoms with Crippen molar-refractivity contribution in [2.24, 2.45) is 0 Å². The van der Waals surface area contributed by atoms with Crippen molar-refractivity contribution in [1.82, 2.24) is 9.97 Å². The third-order valence-electron chi connectivity index (χ3n) is 3.05. The van der Waals surface area contributed by atoms with Gasteiger partial charge >= 0.3 is 12.0 Å². The van der Waals surface area contributed by atoms with Gasteiger partial charge in [-0.05, 0) is 13.0 Å². The van der Waals surface area contributed by atoms with Gasteiger partial charge in [-0.25, -0.2) is 4.79 Å². The van der Waals surface area contributed by atoms with Gasteiger partial charge in [-0.15, -0.1) is 0 Å². The molecule has 0 radical (unpaired) electrons. The Balaban J connectivity index is 2.00. The van der Waals surface area contributed by atoms with Crippen molar-refractivity contribution in [2.45, 2.75) is 13.0 Å². The minimum atomic E-state index is -0.429. The van der Waals surface area contributed by atoms with Crippen LogP contribution in [0.5, 0.6) is 17.6 Å². The van der Waals surface area contributed by atoms with Crippen molar-refractivity contribution >= 4 is 17.6 Å². The molecule has 1 unspecified atom stereocenters. The molecule has 108 valence electrons. The normalized spacial score (nSPS) is 16.3. The first-order chi connectivity index (χ1) is 10.1. The van der Waals surface area contributed by atoms with Crippen LogP contribution in [0.1, 0.15) is 28.9 Å². The van der Waals surface area contributed by atoms with Gasteiger partial charge in [0, 0.05) is 11.6 Å². The zero-order valence-electron chi connectivity index (χ0n) is 11.3. The maximum atomic E-state index is 11.9. The smallest absolute Gasteiger partial charge is 0.342 e. The number of hydrogen-bond donors (Lipinski definition) is 0. The summed E-state index contributed by atoms with van der Waals surface area (Å²) in [7, 11) is 1.46. The lowest BCUT2D eigenvalue weighted by Crippen LogP contribution is -2.01. The van der Waals surface area contributed by atoms with Crippen molar-refractivity contribution in [3.8, 4) is 17.6 Å². The molecular weight excluding hydrogens is 296 g/mol. The number of rotatable bonds is 3. The highest BCUT2D eigenvalue weighted by Gasteiger charge is 2.31. The molecule has 0 fully saturated rings. The van der Waals surface area contributed by atoms with Crippen molar-refractivity contribution < 1.29 is 19.0 Å². The van der Waals surface area contributed by atoms with E-state index in [1.165, 1.54) is 13.2 Å². The van der Waals surface area contributed by atoms with Gasteiger partial charge in [0.25, 0.3) is 0 Å². The Bertz CT molecular complexity index is 720. The minimum absolute atomic E-state index is 0.0000954. The van der Waals surface area contributed by atoms with E-state index in [0.717, 1.165) is 5.56 Å². The Kier molecular flexibility index (Phi) is 3.39. The summed E-state index contributed by atoms with van der Waals surface area (Å²) in [6.45, 7) is 1.80. The van der Waals surface area contributed by atoms with Crippen LogP contribution in [0.25, 0.3) is 0 Å². The highest BCUT2D eigenvalue weighted by atomic mass is 35.5. The van der Waals surface area contributed by atoms with Crippen LogP contribution in [-0.2, 0) is 4.74 Å². The molecule has 0 N–H and O–H groups in total. The number of nitrogens with zero attached hydrogens (tertiary/aromatic N) is 2. The second kappa shape index (κ2) is 5.21. The summed E-state index contributed by atoms with van der Waals surface area (Å²) >= 11 is 5.86. The van der Waals surface area contributed by atoms with Crippen LogP contribution in [0.4, 0.5) is 0 Å². The van der Waals surface area contributed by atoms with Crippen LogP contribution in [0.2, 0.25) is 5.15 Å². The van der Waals surface area contributed by atoms with E-state index in [2.05, 4.69) is 9.97 Å². The maximum Gasteiger partial charge on any atom is 0.342 e. The summed E-state index contributed by atoms with van der Waals surface area (Å²) in [5.41, 5.74) is 1.15. The molecule has 21 heavy (non-hydrogen) atoms. The minimum Gasteiger partial charge on any atom is -0.481 e. The predicted molar refractivity (Wildman–Crippen MR) is 73.9 cm³/mol. The first-order valence-corrected chi connectivity index (χ1v) is 6.56. The lowest BCUT2D eigenvalue weighted by atomic mass is 10.1. The van der Waals surface area contributed by atoms with Crippen LogP contribution in [0, 0.1) is 0 Å². The molecule has 3 rings (SSSR count). The van der Waals surface area contributed by atoms with Gasteiger partial charge in [0.2, 0.25) is 5.88 Å². The van der Waals surface area contributed by atoms with Crippen molar-refractivity contribution in [2.75, 3.05) is 7.11 Å². The second-order valence-electron chi connectivity index (χ2n) is 4.39. The zero-order valence-corrected chi connectivity index (χ0v) is 12.0. The monoisotopic (exact) mass is 306 g/mol. The van der Waals surface area contributed by atoms with E-state index in [0.29, 0.717) is 11.3 Å². The van der Waals surface area contributed by atoms with Crippen molar-refractivity contribution in [3.05, 3.63) is 40.5 Å². The van der Waals surface area contributed by atoms with Crippen LogP contribution >= 0.6 is 11.6 Å². The number of methoxy groups -OCH3 is 1. The Labute approximate surface area is 125 Å². The Hall–Kier alpha value is -2.34. The van der Waals surface area contributed by atoms with E-state index >= 15 is 0 Å². The average molecular weight is 307 g/mol. The molecule has 0 saturated heterocycles. The Morgan fingerprint density at radius 1 is 1.33 bits per heavy atom. The number of aromatic nitrogens is 2. The number of carbonyl (C=O) groups is 1. The first kappa shape index (κ1) is 13.6. The van der Waals surface area contributed by atoms with Gasteiger partial charge in [0.05, 0.1) is 7.11 Å². The van der Waals surface area contributed by atoms with Crippen molar-refractivity contribution in [1.29, 1.82) is 0 Å². The van der Waals surface area contributed by atoms with E-state index in [9.17, 15) is 4.79 Å². The highest BCUT2D eigenvalue weighted by Crippen LogP contribution is 2.37. The fraction of sp³-hybridized carbons (Fsp3) is 0.214. The largest absolute Gasteiger partial charge is 0.481 e. The molecule has 1 aliphatic rings. The van der Waals surface area contributed by atoms with E-state index in [1.807, 2.05) is 6.07 Å². The summed E-state index contributed by atoms with van der Waals surface area (Å²) in [6, 6.07) is 6.70. The number of hydrogen-bond acceptors (Lipinski definition) is 6. The number of cyclic esters (lactones) is 1. The molecular formula is C14H11ClN2O4. The third-order valence-corrected chi connectivity index (χ3v) is 3.24. The topological polar surface area (TPSA) is 70.5 Å². The zero-order chi connectivity index (χ0) is 15.0. The first-order valence-electron chi connectivity index (χ1n) is 6.19. The molecule has 0 spiro atoms. The van der Waals surface area contributed by atoms with Gasteiger partial charge in [-0.3, -0.25) is 0 Å². The number of ether oxygens (including phenoxy) is 3. The van der Waals surface area contributed by atoms with Crippen LogP contribution < -0.4 is 9.47 Å². The molecule has 0 aliphatic carbocycles. The lowest BCUT2D eigenvalue weighted by Gasteiger charge is -2.08. The van der Waals surface area contributed by atoms with Gasteiger partial charge in [0.15, 0.2) is 0 Å². The molecule has 2 heterocycles. The Morgan fingerprint density at radius 3 is 2.90 bits per heavy atom. The van der Waals surface area contributed by atoms with Gasteiger partial charge < -0.3 is 14.2 Å². The number of halogens is 1. The van der Waals surface area contributed by atoms with Crippen LogP contribution in [-0.4, -0.2) is 23.0 Å². The average Bonchev–Trinajstić information content (AvgIpc) is 2.74. The molecule has 1 aliphatic heterocycles. The molecule has 2 aromatic rings. The molecule has 1 atom stereocenters. The highest BCUT2D eigenvalue weighted by molar-refractivity contribution is 6.29. The predicted octanol–water partition coefficient (Wildman–Crippen LogP) is 3.16.